The van der Waals surface area contributed by atoms with Crippen molar-refractivity contribution in [3.05, 3.63) is 28.8 Å². The summed E-state index contributed by atoms with van der Waals surface area (Å²) in [5, 5.41) is -0.303. The molecule has 1 heterocycles. The van der Waals surface area contributed by atoms with Crippen LogP contribution in [0.2, 0.25) is 5.02 Å². The van der Waals surface area contributed by atoms with Crippen molar-refractivity contribution in [3.63, 3.8) is 0 Å². The Morgan fingerprint density at radius 1 is 1.17 bits per heavy atom. The van der Waals surface area contributed by atoms with E-state index in [9.17, 15) is 31.2 Å². The number of nitrogens with zero attached hydrogens (tertiary/aromatic N) is 2. The number of hydrogen-bond acceptors (Lipinski definition) is 5. The Kier molecular flexibility index (Phi) is 7.82. The van der Waals surface area contributed by atoms with E-state index in [0.29, 0.717) is 17.9 Å². The third-order valence-corrected chi connectivity index (χ3v) is 7.53. The third kappa shape index (κ3) is 6.24. The van der Waals surface area contributed by atoms with Gasteiger partial charge in [0.15, 0.2) is 0 Å². The van der Waals surface area contributed by atoms with Gasteiger partial charge in [-0.25, -0.2) is 8.42 Å². The molecule has 0 atom stereocenters. The second kappa shape index (κ2) is 9.54. The van der Waals surface area contributed by atoms with Crippen molar-refractivity contribution in [2.24, 2.45) is 5.73 Å². The fourth-order valence-electron chi connectivity index (χ4n) is 2.68. The van der Waals surface area contributed by atoms with Crippen molar-refractivity contribution in [1.82, 2.24) is 9.21 Å². The summed E-state index contributed by atoms with van der Waals surface area (Å²) in [6, 6.07) is 2.14. The number of thioether (sulfide) groups is 1. The van der Waals surface area contributed by atoms with E-state index in [-0.39, 0.29) is 49.3 Å². The Morgan fingerprint density at radius 3 is 2.34 bits per heavy atom. The lowest BCUT2D eigenvalue weighted by atomic mass is 10.2. The number of amides is 2. The molecule has 7 nitrogen and oxygen atoms in total. The van der Waals surface area contributed by atoms with E-state index in [0.717, 1.165) is 10.4 Å². The van der Waals surface area contributed by atoms with Crippen molar-refractivity contribution in [1.29, 1.82) is 0 Å². The molecule has 2 rings (SSSR count). The molecule has 1 aromatic rings. The highest BCUT2D eigenvalue weighted by molar-refractivity contribution is 7.99. The summed E-state index contributed by atoms with van der Waals surface area (Å²) in [5.41, 5.74) is 3.90. The van der Waals surface area contributed by atoms with Gasteiger partial charge in [-0.2, -0.15) is 29.2 Å². The lowest BCUT2D eigenvalue weighted by Gasteiger charge is -2.34. The fourth-order valence-corrected chi connectivity index (χ4v) is 5.27. The Labute approximate surface area is 175 Å². The molecule has 0 bridgehead atoms. The predicted octanol–water partition coefficient (Wildman–Crippen LogP) is 1.80. The predicted molar refractivity (Wildman–Crippen MR) is 103 cm³/mol. The Hall–Kier alpha value is -1.50. The minimum absolute atomic E-state index is 0.0604. The lowest BCUT2D eigenvalue weighted by molar-refractivity contribution is -0.137. The number of alkyl halides is 3. The monoisotopic (exact) mass is 473 g/mol. The molecule has 162 valence electrons. The first kappa shape index (κ1) is 23.8. The molecule has 13 heteroatoms. The molecule has 1 aliphatic rings. The first-order valence-corrected chi connectivity index (χ1v) is 11.4. The highest BCUT2D eigenvalue weighted by Crippen LogP contribution is 2.34. The standard InChI is InChI=1S/C16H19ClF3N3O4S2/c17-12-2-1-11(16(18,19)20)9-13(12)29(26,27)23-6-4-22(5-7-23)15(25)3-8-28-10-14(21)24/h1-2,9H,3-8,10H2,(H2,21,24). The van der Waals surface area contributed by atoms with Crippen LogP contribution in [-0.2, 0) is 25.8 Å². The molecule has 0 aromatic heterocycles. The molecule has 0 radical (unpaired) electrons. The Bertz CT molecular complexity index is 873. The number of carbonyl (C=O) groups excluding carboxylic acids is 2. The molecule has 2 N–H and O–H groups in total. The van der Waals surface area contributed by atoms with Gasteiger partial charge >= 0.3 is 6.18 Å². The summed E-state index contributed by atoms with van der Waals surface area (Å²) in [4.78, 5) is 23.7. The van der Waals surface area contributed by atoms with E-state index in [1.54, 1.807) is 0 Å². The van der Waals surface area contributed by atoms with Gasteiger partial charge in [0.2, 0.25) is 21.8 Å². The van der Waals surface area contributed by atoms with Crippen LogP contribution in [0.5, 0.6) is 0 Å². The number of rotatable bonds is 7. The first-order chi connectivity index (χ1) is 13.4. The summed E-state index contributed by atoms with van der Waals surface area (Å²) in [6.07, 6.45) is -4.53. The first-order valence-electron chi connectivity index (χ1n) is 8.43. The molecule has 2 amide bonds. The zero-order valence-electron chi connectivity index (χ0n) is 15.1. The SMILES string of the molecule is NC(=O)CSCCC(=O)N1CCN(S(=O)(=O)c2cc(C(F)(F)F)ccc2Cl)CC1. The molecular formula is C16H19ClF3N3O4S2. The minimum Gasteiger partial charge on any atom is -0.369 e. The maximum Gasteiger partial charge on any atom is 0.416 e. The maximum atomic E-state index is 12.9. The second-order valence-electron chi connectivity index (χ2n) is 6.20. The third-order valence-electron chi connectivity index (χ3n) is 4.17. The summed E-state index contributed by atoms with van der Waals surface area (Å²) >= 11 is 7.08. The van der Waals surface area contributed by atoms with Gasteiger partial charge in [0.25, 0.3) is 0 Å². The van der Waals surface area contributed by atoms with Gasteiger partial charge in [0.1, 0.15) is 4.90 Å². The zero-order valence-corrected chi connectivity index (χ0v) is 17.5. The lowest BCUT2D eigenvalue weighted by Crippen LogP contribution is -2.50. The molecular weight excluding hydrogens is 455 g/mol. The van der Waals surface area contributed by atoms with Crippen LogP contribution >= 0.6 is 23.4 Å². The summed E-state index contributed by atoms with van der Waals surface area (Å²) in [5.74, 6) is -0.164. The number of carbonyl (C=O) groups is 2. The van der Waals surface area contributed by atoms with E-state index < -0.39 is 32.6 Å². The highest BCUT2D eigenvalue weighted by atomic mass is 35.5. The van der Waals surface area contributed by atoms with Gasteiger partial charge in [-0.15, -0.1) is 0 Å². The van der Waals surface area contributed by atoms with E-state index in [1.807, 2.05) is 0 Å². The molecule has 0 aliphatic carbocycles. The second-order valence-corrected chi connectivity index (χ2v) is 9.62. The number of halogens is 4. The van der Waals surface area contributed by atoms with Crippen LogP contribution in [0.1, 0.15) is 12.0 Å². The average molecular weight is 474 g/mol. The molecule has 1 aliphatic heterocycles. The topological polar surface area (TPSA) is 101 Å². The molecule has 1 aromatic carbocycles. The van der Waals surface area contributed by atoms with Gasteiger partial charge in [0, 0.05) is 38.4 Å². The van der Waals surface area contributed by atoms with Crippen LogP contribution in [0.15, 0.2) is 23.1 Å². The number of benzene rings is 1. The van der Waals surface area contributed by atoms with Crippen molar-refractivity contribution in [3.8, 4) is 0 Å². The summed E-state index contributed by atoms with van der Waals surface area (Å²) < 4.78 is 65.3. The smallest absolute Gasteiger partial charge is 0.369 e. The molecule has 29 heavy (non-hydrogen) atoms. The van der Waals surface area contributed by atoms with Crippen LogP contribution in [0, 0.1) is 0 Å². The van der Waals surface area contributed by atoms with E-state index >= 15 is 0 Å². The normalized spacial score (nSPS) is 16.1. The van der Waals surface area contributed by atoms with E-state index in [1.165, 1.54) is 16.7 Å². The van der Waals surface area contributed by atoms with Gasteiger partial charge in [-0.05, 0) is 18.2 Å². The number of sulfonamides is 1. The van der Waals surface area contributed by atoms with Crippen LogP contribution in [-0.4, -0.2) is 67.1 Å². The van der Waals surface area contributed by atoms with E-state index in [2.05, 4.69) is 0 Å². The van der Waals surface area contributed by atoms with Gasteiger partial charge in [-0.3, -0.25) is 9.59 Å². The number of hydrogen-bond donors (Lipinski definition) is 1. The number of piperazine rings is 1. The van der Waals surface area contributed by atoms with Crippen LogP contribution in [0.4, 0.5) is 13.2 Å². The summed E-state index contributed by atoms with van der Waals surface area (Å²) in [7, 11) is -4.25. The molecule has 0 spiro atoms. The van der Waals surface area contributed by atoms with E-state index in [4.69, 9.17) is 17.3 Å². The molecule has 0 saturated carbocycles. The van der Waals surface area contributed by atoms with Gasteiger partial charge < -0.3 is 10.6 Å². The summed E-state index contributed by atoms with van der Waals surface area (Å²) in [6.45, 7) is 0.0917. The van der Waals surface area contributed by atoms with Crippen molar-refractivity contribution >= 4 is 45.2 Å². The van der Waals surface area contributed by atoms with Crippen molar-refractivity contribution in [2.45, 2.75) is 17.5 Å². The van der Waals surface area contributed by atoms with Crippen molar-refractivity contribution in [2.75, 3.05) is 37.7 Å². The number of nitrogens with two attached hydrogens (primary N) is 1. The van der Waals surface area contributed by atoms with Crippen molar-refractivity contribution < 1.29 is 31.2 Å². The number of primary amides is 1. The van der Waals surface area contributed by atoms with Crippen LogP contribution in [0.25, 0.3) is 0 Å². The Morgan fingerprint density at radius 2 is 1.79 bits per heavy atom. The maximum absolute atomic E-state index is 12.9. The van der Waals surface area contributed by atoms with Crippen LogP contribution < -0.4 is 5.73 Å². The molecule has 0 unspecified atom stereocenters. The van der Waals surface area contributed by atoms with Gasteiger partial charge in [0.05, 0.1) is 16.3 Å². The quantitative estimate of drug-likeness (QED) is 0.608. The highest BCUT2D eigenvalue weighted by Gasteiger charge is 2.35. The molecule has 1 fully saturated rings. The fraction of sp³-hybridized carbons (Fsp3) is 0.500. The zero-order chi connectivity index (χ0) is 21.8. The average Bonchev–Trinajstić information content (AvgIpc) is 2.64. The van der Waals surface area contributed by atoms with Crippen LogP contribution in [0.3, 0.4) is 0 Å². The minimum atomic E-state index is -4.70. The van der Waals surface area contributed by atoms with Gasteiger partial charge in [-0.1, -0.05) is 11.6 Å². The largest absolute Gasteiger partial charge is 0.416 e. The molecule has 1 saturated heterocycles. The Balaban J connectivity index is 2.01.